The van der Waals surface area contributed by atoms with E-state index in [0.29, 0.717) is 0 Å². The second-order valence-electron chi connectivity index (χ2n) is 3.38. The van der Waals surface area contributed by atoms with Crippen LogP contribution < -0.4 is 5.73 Å². The Labute approximate surface area is 85.9 Å². The fourth-order valence-electron chi connectivity index (χ4n) is 1.46. The number of aromatic amines is 1. The van der Waals surface area contributed by atoms with Crippen molar-refractivity contribution in [3.63, 3.8) is 0 Å². The maximum absolute atomic E-state index is 10.5. The smallest absolute Gasteiger partial charge is 0.305 e. The summed E-state index contributed by atoms with van der Waals surface area (Å²) < 4.78 is 0. The first kappa shape index (κ1) is 9.67. The molecular formula is C10H11N3O2. The lowest BCUT2D eigenvalue weighted by molar-refractivity contribution is -0.137. The summed E-state index contributed by atoms with van der Waals surface area (Å²) in [4.78, 5) is 17.7. The average molecular weight is 205 g/mol. The average Bonchev–Trinajstić information content (AvgIpc) is 2.62. The first-order valence-electron chi connectivity index (χ1n) is 4.57. The van der Waals surface area contributed by atoms with Gasteiger partial charge in [-0.15, -0.1) is 0 Å². The van der Waals surface area contributed by atoms with Gasteiger partial charge in [-0.1, -0.05) is 0 Å². The van der Waals surface area contributed by atoms with Crippen LogP contribution in [0.4, 0.5) is 0 Å². The molecule has 1 unspecified atom stereocenters. The zero-order valence-electron chi connectivity index (χ0n) is 7.97. The van der Waals surface area contributed by atoms with Gasteiger partial charge in [-0.2, -0.15) is 0 Å². The molecule has 0 aliphatic rings. The van der Waals surface area contributed by atoms with E-state index in [-0.39, 0.29) is 6.42 Å². The number of aliphatic carboxylic acids is 1. The first-order valence-corrected chi connectivity index (χ1v) is 4.57. The zero-order chi connectivity index (χ0) is 10.8. The van der Waals surface area contributed by atoms with Crippen molar-refractivity contribution in [3.8, 4) is 0 Å². The quantitative estimate of drug-likeness (QED) is 0.698. The van der Waals surface area contributed by atoms with Crippen LogP contribution in [0.5, 0.6) is 0 Å². The normalized spacial score (nSPS) is 12.9. The lowest BCUT2D eigenvalue weighted by Gasteiger charge is -2.08. The van der Waals surface area contributed by atoms with Crippen molar-refractivity contribution in [2.45, 2.75) is 12.5 Å². The van der Waals surface area contributed by atoms with Gasteiger partial charge in [-0.25, -0.2) is 0 Å². The van der Waals surface area contributed by atoms with Crippen molar-refractivity contribution >= 4 is 17.0 Å². The molecule has 5 nitrogen and oxygen atoms in total. The second-order valence-corrected chi connectivity index (χ2v) is 3.38. The molecule has 0 radical (unpaired) electrons. The molecule has 0 fully saturated rings. The number of hydrogen-bond acceptors (Lipinski definition) is 3. The van der Waals surface area contributed by atoms with E-state index in [1.807, 2.05) is 12.1 Å². The molecule has 0 aliphatic heterocycles. The van der Waals surface area contributed by atoms with Crippen molar-refractivity contribution in [2.75, 3.05) is 0 Å². The molecule has 0 saturated carbocycles. The van der Waals surface area contributed by atoms with Gasteiger partial charge in [0.2, 0.25) is 0 Å². The van der Waals surface area contributed by atoms with Gasteiger partial charge < -0.3 is 15.8 Å². The van der Waals surface area contributed by atoms with Crippen molar-refractivity contribution in [3.05, 3.63) is 30.1 Å². The van der Waals surface area contributed by atoms with Crippen LogP contribution in [0.25, 0.3) is 11.0 Å². The number of aromatic nitrogens is 2. The first-order chi connectivity index (χ1) is 7.16. The molecule has 0 aliphatic carbocycles. The Kier molecular flexibility index (Phi) is 2.39. The van der Waals surface area contributed by atoms with Crippen LogP contribution in [0.15, 0.2) is 24.5 Å². The Morgan fingerprint density at radius 1 is 1.67 bits per heavy atom. The summed E-state index contributed by atoms with van der Waals surface area (Å²) in [5.41, 5.74) is 8.17. The highest BCUT2D eigenvalue weighted by Crippen LogP contribution is 2.17. The molecule has 1 atom stereocenters. The molecular weight excluding hydrogens is 194 g/mol. The predicted octanol–water partition coefficient (Wildman–Crippen LogP) is 1.04. The van der Waals surface area contributed by atoms with E-state index in [1.54, 1.807) is 12.4 Å². The molecule has 2 rings (SSSR count). The lowest BCUT2D eigenvalue weighted by atomic mass is 10.1. The highest BCUT2D eigenvalue weighted by atomic mass is 16.4. The van der Waals surface area contributed by atoms with Gasteiger partial charge in [-0.3, -0.25) is 9.78 Å². The molecule has 0 bridgehead atoms. The zero-order valence-corrected chi connectivity index (χ0v) is 7.97. The predicted molar refractivity (Wildman–Crippen MR) is 55.3 cm³/mol. The Morgan fingerprint density at radius 3 is 3.20 bits per heavy atom. The number of rotatable bonds is 3. The number of carbonyl (C=O) groups is 1. The van der Waals surface area contributed by atoms with Crippen LogP contribution in [-0.2, 0) is 4.79 Å². The molecule has 5 heteroatoms. The van der Waals surface area contributed by atoms with Crippen molar-refractivity contribution in [2.24, 2.45) is 5.73 Å². The number of hydrogen-bond donors (Lipinski definition) is 3. The minimum absolute atomic E-state index is 0.0894. The van der Waals surface area contributed by atoms with Crippen molar-refractivity contribution in [1.29, 1.82) is 0 Å². The third-order valence-corrected chi connectivity index (χ3v) is 2.24. The Hall–Kier alpha value is -1.88. The highest BCUT2D eigenvalue weighted by Gasteiger charge is 2.11. The topological polar surface area (TPSA) is 92.0 Å². The molecule has 2 aromatic heterocycles. The summed E-state index contributed by atoms with van der Waals surface area (Å²) in [5.74, 6) is -0.908. The lowest BCUT2D eigenvalue weighted by Crippen LogP contribution is -2.15. The molecule has 2 aromatic rings. The van der Waals surface area contributed by atoms with Gasteiger partial charge in [0, 0.05) is 18.4 Å². The molecule has 0 aromatic carbocycles. The number of H-pyrrole nitrogens is 1. The summed E-state index contributed by atoms with van der Waals surface area (Å²) in [5, 5.41) is 8.61. The Morgan fingerprint density at radius 2 is 2.47 bits per heavy atom. The number of nitrogens with zero attached hydrogens (tertiary/aromatic N) is 1. The monoisotopic (exact) mass is 205 g/mol. The van der Waals surface area contributed by atoms with E-state index < -0.39 is 12.0 Å². The van der Waals surface area contributed by atoms with E-state index in [2.05, 4.69) is 9.97 Å². The molecule has 0 amide bonds. The number of pyridine rings is 1. The van der Waals surface area contributed by atoms with Crippen LogP contribution in [0, 0.1) is 0 Å². The summed E-state index contributed by atoms with van der Waals surface area (Å²) >= 11 is 0. The third kappa shape index (κ3) is 1.97. The number of nitrogens with two attached hydrogens (primary N) is 1. The van der Waals surface area contributed by atoms with E-state index in [4.69, 9.17) is 10.8 Å². The van der Waals surface area contributed by atoms with Crippen LogP contribution >= 0.6 is 0 Å². The van der Waals surface area contributed by atoms with E-state index in [9.17, 15) is 4.79 Å². The van der Waals surface area contributed by atoms with Crippen molar-refractivity contribution < 1.29 is 9.90 Å². The summed E-state index contributed by atoms with van der Waals surface area (Å²) in [7, 11) is 0. The maximum atomic E-state index is 10.5. The van der Waals surface area contributed by atoms with Crippen LogP contribution in [0.1, 0.15) is 18.0 Å². The Bertz CT molecular complexity index is 492. The minimum atomic E-state index is -0.908. The summed E-state index contributed by atoms with van der Waals surface area (Å²) in [6, 6.07) is 3.17. The second kappa shape index (κ2) is 3.70. The van der Waals surface area contributed by atoms with Crippen LogP contribution in [-0.4, -0.2) is 21.0 Å². The molecule has 4 N–H and O–H groups in total. The molecule has 2 heterocycles. The SMILES string of the molecule is NC(CC(=O)O)c1cnc2cc[nH]c2c1. The number of nitrogens with one attached hydrogen (secondary N) is 1. The van der Waals surface area contributed by atoms with E-state index in [1.165, 1.54) is 0 Å². The van der Waals surface area contributed by atoms with E-state index in [0.717, 1.165) is 16.6 Å². The molecule has 78 valence electrons. The summed E-state index contributed by atoms with van der Waals surface area (Å²) in [6.45, 7) is 0. The maximum Gasteiger partial charge on any atom is 0.305 e. The molecule has 0 spiro atoms. The van der Waals surface area contributed by atoms with Gasteiger partial charge in [-0.05, 0) is 17.7 Å². The van der Waals surface area contributed by atoms with Crippen LogP contribution in [0.2, 0.25) is 0 Å². The largest absolute Gasteiger partial charge is 0.481 e. The summed E-state index contributed by atoms with van der Waals surface area (Å²) in [6.07, 6.45) is 3.31. The number of carboxylic acids is 1. The Balaban J connectivity index is 2.30. The van der Waals surface area contributed by atoms with Gasteiger partial charge in [0.25, 0.3) is 0 Å². The van der Waals surface area contributed by atoms with Gasteiger partial charge >= 0.3 is 5.97 Å². The van der Waals surface area contributed by atoms with Crippen molar-refractivity contribution in [1.82, 2.24) is 9.97 Å². The minimum Gasteiger partial charge on any atom is -0.481 e. The molecule has 15 heavy (non-hydrogen) atoms. The third-order valence-electron chi connectivity index (χ3n) is 2.24. The van der Waals surface area contributed by atoms with Gasteiger partial charge in [0.15, 0.2) is 0 Å². The standard InChI is InChI=1S/C10H11N3O2/c11-7(4-10(14)15)6-3-9-8(13-5-6)1-2-12-9/h1-3,5,7,12H,4,11H2,(H,14,15). The van der Waals surface area contributed by atoms with Gasteiger partial charge in [0.1, 0.15) is 0 Å². The van der Waals surface area contributed by atoms with Gasteiger partial charge in [0.05, 0.1) is 17.5 Å². The number of carboxylic acid groups (broad SMARTS) is 1. The molecule has 0 saturated heterocycles. The van der Waals surface area contributed by atoms with Crippen LogP contribution in [0.3, 0.4) is 0 Å². The highest BCUT2D eigenvalue weighted by molar-refractivity contribution is 5.75. The fourth-order valence-corrected chi connectivity index (χ4v) is 1.46. The van der Waals surface area contributed by atoms with E-state index >= 15 is 0 Å². The fraction of sp³-hybridized carbons (Fsp3) is 0.200. The number of fused-ring (bicyclic) bond motifs is 1.